The fourth-order valence-electron chi connectivity index (χ4n) is 2.25. The standard InChI is InChI=1S/C14H19N7S/c1-5-10(13-17-7(2)8(3)22-13)18-14-19-11(15)9-6-16-21(4)12(9)20-14/h6,10H,5H2,1-4H3,(H3,15,18,19,20). The summed E-state index contributed by atoms with van der Waals surface area (Å²) in [6.07, 6.45) is 2.57. The largest absolute Gasteiger partial charge is 0.383 e. The van der Waals surface area contributed by atoms with Crippen molar-refractivity contribution in [2.45, 2.75) is 33.2 Å². The number of aryl methyl sites for hydroxylation is 3. The summed E-state index contributed by atoms with van der Waals surface area (Å²) in [6, 6.07) is 0.0717. The minimum Gasteiger partial charge on any atom is -0.383 e. The van der Waals surface area contributed by atoms with Crippen LogP contribution in [0, 0.1) is 13.8 Å². The van der Waals surface area contributed by atoms with Crippen LogP contribution < -0.4 is 11.1 Å². The first-order valence-corrected chi connectivity index (χ1v) is 7.97. The normalized spacial score (nSPS) is 12.7. The lowest BCUT2D eigenvalue weighted by atomic mass is 10.2. The lowest BCUT2D eigenvalue weighted by Crippen LogP contribution is -2.13. The maximum Gasteiger partial charge on any atom is 0.227 e. The molecule has 0 aliphatic rings. The van der Waals surface area contributed by atoms with Crippen molar-refractivity contribution in [2.24, 2.45) is 7.05 Å². The summed E-state index contributed by atoms with van der Waals surface area (Å²) in [4.78, 5) is 14.7. The molecule has 8 heteroatoms. The van der Waals surface area contributed by atoms with Crippen LogP contribution >= 0.6 is 11.3 Å². The van der Waals surface area contributed by atoms with Crippen LogP contribution in [0.25, 0.3) is 11.0 Å². The fourth-order valence-corrected chi connectivity index (χ4v) is 3.31. The van der Waals surface area contributed by atoms with Crippen LogP contribution in [-0.4, -0.2) is 24.7 Å². The molecule has 0 saturated heterocycles. The van der Waals surface area contributed by atoms with E-state index in [1.54, 1.807) is 22.2 Å². The summed E-state index contributed by atoms with van der Waals surface area (Å²) >= 11 is 1.70. The predicted molar refractivity (Wildman–Crippen MR) is 89.0 cm³/mol. The monoisotopic (exact) mass is 317 g/mol. The Hall–Kier alpha value is -2.22. The second-order valence-corrected chi connectivity index (χ2v) is 6.47. The number of hydrogen-bond acceptors (Lipinski definition) is 7. The number of thiazole rings is 1. The number of aromatic nitrogens is 5. The van der Waals surface area contributed by atoms with Crippen molar-refractivity contribution in [3.63, 3.8) is 0 Å². The van der Waals surface area contributed by atoms with E-state index in [1.807, 2.05) is 14.0 Å². The predicted octanol–water partition coefficient (Wildman–Crippen LogP) is 2.58. The summed E-state index contributed by atoms with van der Waals surface area (Å²) in [6.45, 7) is 6.22. The molecule has 3 heterocycles. The first-order chi connectivity index (χ1) is 10.5. The molecule has 1 atom stereocenters. The fraction of sp³-hybridized carbons (Fsp3) is 0.429. The second-order valence-electron chi connectivity index (χ2n) is 5.24. The van der Waals surface area contributed by atoms with E-state index in [4.69, 9.17) is 5.73 Å². The molecule has 0 aliphatic carbocycles. The average molecular weight is 317 g/mol. The number of anilines is 2. The summed E-state index contributed by atoms with van der Waals surface area (Å²) in [5.41, 5.74) is 7.79. The summed E-state index contributed by atoms with van der Waals surface area (Å²) in [5, 5.41) is 9.32. The van der Waals surface area contributed by atoms with Gasteiger partial charge in [0, 0.05) is 11.9 Å². The summed E-state index contributed by atoms with van der Waals surface area (Å²) < 4.78 is 1.69. The highest BCUT2D eigenvalue weighted by Gasteiger charge is 2.17. The van der Waals surface area contributed by atoms with E-state index < -0.39 is 0 Å². The first kappa shape index (κ1) is 14.7. The van der Waals surface area contributed by atoms with E-state index in [1.165, 1.54) is 4.88 Å². The molecule has 3 N–H and O–H groups in total. The Bertz CT molecular complexity index is 801. The molecule has 0 spiro atoms. The molecule has 0 bridgehead atoms. The van der Waals surface area contributed by atoms with Gasteiger partial charge in [-0.15, -0.1) is 11.3 Å². The Balaban J connectivity index is 1.95. The van der Waals surface area contributed by atoms with E-state index in [-0.39, 0.29) is 6.04 Å². The van der Waals surface area contributed by atoms with Gasteiger partial charge in [0.25, 0.3) is 0 Å². The number of nitrogens with one attached hydrogen (secondary N) is 1. The third-order valence-corrected chi connectivity index (χ3v) is 4.86. The van der Waals surface area contributed by atoms with Crippen molar-refractivity contribution in [3.8, 4) is 0 Å². The number of hydrogen-bond donors (Lipinski definition) is 2. The highest BCUT2D eigenvalue weighted by molar-refractivity contribution is 7.11. The molecule has 22 heavy (non-hydrogen) atoms. The Morgan fingerprint density at radius 3 is 2.73 bits per heavy atom. The van der Waals surface area contributed by atoms with Crippen molar-refractivity contribution < 1.29 is 0 Å². The lowest BCUT2D eigenvalue weighted by Gasteiger charge is -2.14. The Morgan fingerprint density at radius 2 is 2.09 bits per heavy atom. The number of nitrogens with two attached hydrogens (primary N) is 1. The Labute approximate surface area is 132 Å². The topological polar surface area (TPSA) is 94.5 Å². The van der Waals surface area contributed by atoms with Gasteiger partial charge in [-0.1, -0.05) is 6.92 Å². The van der Waals surface area contributed by atoms with Gasteiger partial charge in [-0.2, -0.15) is 15.1 Å². The Morgan fingerprint density at radius 1 is 1.32 bits per heavy atom. The molecule has 3 aromatic heterocycles. The van der Waals surface area contributed by atoms with Gasteiger partial charge in [-0.25, -0.2) is 4.98 Å². The zero-order chi connectivity index (χ0) is 15.9. The molecule has 3 aromatic rings. The summed E-state index contributed by atoms with van der Waals surface area (Å²) in [7, 11) is 1.84. The smallest absolute Gasteiger partial charge is 0.227 e. The summed E-state index contributed by atoms with van der Waals surface area (Å²) in [5.74, 6) is 0.938. The number of rotatable bonds is 4. The third kappa shape index (κ3) is 2.50. The minimum atomic E-state index is 0.0717. The van der Waals surface area contributed by atoms with Crippen molar-refractivity contribution in [2.75, 3.05) is 11.1 Å². The molecule has 116 valence electrons. The van der Waals surface area contributed by atoms with Crippen LogP contribution in [0.3, 0.4) is 0 Å². The van der Waals surface area contributed by atoms with Gasteiger partial charge in [-0.05, 0) is 20.3 Å². The maximum atomic E-state index is 6.00. The van der Waals surface area contributed by atoms with Crippen LogP contribution in [0.1, 0.15) is 35.0 Å². The SMILES string of the molecule is CCC(Nc1nc(N)c2cnn(C)c2n1)c1nc(C)c(C)s1. The maximum absolute atomic E-state index is 6.00. The molecule has 1 unspecified atom stereocenters. The van der Waals surface area contributed by atoms with Crippen molar-refractivity contribution in [3.05, 3.63) is 21.8 Å². The van der Waals surface area contributed by atoms with Gasteiger partial charge in [0.15, 0.2) is 5.65 Å². The molecule has 7 nitrogen and oxygen atoms in total. The third-order valence-electron chi connectivity index (χ3n) is 3.68. The van der Waals surface area contributed by atoms with E-state index in [0.717, 1.165) is 28.2 Å². The van der Waals surface area contributed by atoms with Gasteiger partial charge >= 0.3 is 0 Å². The van der Waals surface area contributed by atoms with Crippen molar-refractivity contribution in [1.82, 2.24) is 24.7 Å². The lowest BCUT2D eigenvalue weighted by molar-refractivity contribution is 0.728. The zero-order valence-electron chi connectivity index (χ0n) is 13.1. The molecular formula is C14H19N7S. The van der Waals surface area contributed by atoms with Gasteiger partial charge in [0.1, 0.15) is 10.8 Å². The average Bonchev–Trinajstić information content (AvgIpc) is 3.01. The second kappa shape index (κ2) is 5.53. The van der Waals surface area contributed by atoms with Gasteiger partial charge in [0.2, 0.25) is 5.95 Å². The van der Waals surface area contributed by atoms with Crippen molar-refractivity contribution in [1.29, 1.82) is 0 Å². The molecule has 3 rings (SSSR count). The van der Waals surface area contributed by atoms with Crippen LogP contribution in [-0.2, 0) is 7.05 Å². The zero-order valence-corrected chi connectivity index (χ0v) is 13.9. The highest BCUT2D eigenvalue weighted by Crippen LogP contribution is 2.28. The minimum absolute atomic E-state index is 0.0717. The molecule has 0 fully saturated rings. The van der Waals surface area contributed by atoms with E-state index in [0.29, 0.717) is 11.8 Å². The molecular weight excluding hydrogens is 298 g/mol. The van der Waals surface area contributed by atoms with Crippen LogP contribution in [0.2, 0.25) is 0 Å². The number of nitrogens with zero attached hydrogens (tertiary/aromatic N) is 5. The molecule has 0 saturated carbocycles. The van der Waals surface area contributed by atoms with Crippen LogP contribution in [0.15, 0.2) is 6.20 Å². The van der Waals surface area contributed by atoms with Gasteiger partial charge < -0.3 is 11.1 Å². The van der Waals surface area contributed by atoms with E-state index >= 15 is 0 Å². The van der Waals surface area contributed by atoms with Crippen LogP contribution in [0.4, 0.5) is 11.8 Å². The molecule has 0 amide bonds. The van der Waals surface area contributed by atoms with E-state index in [9.17, 15) is 0 Å². The first-order valence-electron chi connectivity index (χ1n) is 7.15. The van der Waals surface area contributed by atoms with E-state index in [2.05, 4.69) is 39.2 Å². The van der Waals surface area contributed by atoms with Crippen LogP contribution in [0.5, 0.6) is 0 Å². The highest BCUT2D eigenvalue weighted by atomic mass is 32.1. The van der Waals surface area contributed by atoms with Gasteiger partial charge in [-0.3, -0.25) is 4.68 Å². The van der Waals surface area contributed by atoms with Crippen molar-refractivity contribution >= 4 is 34.1 Å². The molecule has 0 aliphatic heterocycles. The molecule has 0 aromatic carbocycles. The quantitative estimate of drug-likeness (QED) is 0.768. The Kier molecular flexibility index (Phi) is 3.69. The number of nitrogen functional groups attached to an aromatic ring is 1. The number of fused-ring (bicyclic) bond motifs is 1. The molecule has 0 radical (unpaired) electrons. The van der Waals surface area contributed by atoms with Gasteiger partial charge in [0.05, 0.1) is 23.3 Å².